The summed E-state index contributed by atoms with van der Waals surface area (Å²) in [6.07, 6.45) is 0.466. The van der Waals surface area contributed by atoms with E-state index in [0.717, 1.165) is 10.2 Å². The average Bonchev–Trinajstić information content (AvgIpc) is 2.22. The van der Waals surface area contributed by atoms with Gasteiger partial charge in [0.05, 0.1) is 13.0 Å². The van der Waals surface area contributed by atoms with Crippen molar-refractivity contribution in [1.82, 2.24) is 0 Å². The van der Waals surface area contributed by atoms with Crippen molar-refractivity contribution in [2.75, 3.05) is 12.4 Å². The molecule has 0 saturated carbocycles. The van der Waals surface area contributed by atoms with Crippen LogP contribution in [-0.4, -0.2) is 18.3 Å². The SMILES string of the molecule is CCOC(=O)CCSc1c(C)cc(Br)cc1C. The van der Waals surface area contributed by atoms with E-state index in [1.165, 1.54) is 16.0 Å². The third-order valence-electron chi connectivity index (χ3n) is 2.28. The highest BCUT2D eigenvalue weighted by Crippen LogP contribution is 2.29. The van der Waals surface area contributed by atoms with E-state index in [-0.39, 0.29) is 5.97 Å². The maximum Gasteiger partial charge on any atom is 0.306 e. The van der Waals surface area contributed by atoms with Crippen LogP contribution in [0.3, 0.4) is 0 Å². The second kappa shape index (κ2) is 7.07. The summed E-state index contributed by atoms with van der Waals surface area (Å²) in [5.74, 6) is 0.648. The van der Waals surface area contributed by atoms with Gasteiger partial charge in [0.1, 0.15) is 0 Å². The molecule has 0 unspecified atom stereocenters. The number of ether oxygens (including phenoxy) is 1. The van der Waals surface area contributed by atoms with Crippen LogP contribution in [0.25, 0.3) is 0 Å². The Kier molecular flexibility index (Phi) is 6.06. The minimum Gasteiger partial charge on any atom is -0.466 e. The monoisotopic (exact) mass is 316 g/mol. The number of hydrogen-bond donors (Lipinski definition) is 0. The fraction of sp³-hybridized carbons (Fsp3) is 0.462. The van der Waals surface area contributed by atoms with E-state index in [1.807, 2.05) is 6.92 Å². The maximum absolute atomic E-state index is 11.2. The highest BCUT2D eigenvalue weighted by Gasteiger charge is 2.07. The van der Waals surface area contributed by atoms with Crippen molar-refractivity contribution in [3.8, 4) is 0 Å². The lowest BCUT2D eigenvalue weighted by atomic mass is 10.2. The van der Waals surface area contributed by atoms with E-state index in [2.05, 4.69) is 41.9 Å². The molecule has 1 rings (SSSR count). The molecule has 0 radical (unpaired) electrons. The van der Waals surface area contributed by atoms with Crippen LogP contribution in [-0.2, 0) is 9.53 Å². The zero-order valence-corrected chi connectivity index (χ0v) is 12.8. The van der Waals surface area contributed by atoms with Gasteiger partial charge in [-0.3, -0.25) is 4.79 Å². The first-order valence-corrected chi connectivity index (χ1v) is 7.37. The molecule has 0 aromatic heterocycles. The summed E-state index contributed by atoms with van der Waals surface area (Å²) in [7, 11) is 0. The van der Waals surface area contributed by atoms with Gasteiger partial charge < -0.3 is 4.74 Å². The van der Waals surface area contributed by atoms with Gasteiger partial charge in [0.15, 0.2) is 0 Å². The van der Waals surface area contributed by atoms with Crippen LogP contribution in [0, 0.1) is 13.8 Å². The van der Waals surface area contributed by atoms with Crippen molar-refractivity contribution < 1.29 is 9.53 Å². The minimum absolute atomic E-state index is 0.118. The van der Waals surface area contributed by atoms with Crippen LogP contribution < -0.4 is 0 Å². The molecule has 0 aliphatic heterocycles. The second-order valence-electron chi connectivity index (χ2n) is 3.77. The number of benzene rings is 1. The van der Waals surface area contributed by atoms with E-state index in [1.54, 1.807) is 11.8 Å². The number of halogens is 1. The summed E-state index contributed by atoms with van der Waals surface area (Å²) < 4.78 is 6.00. The lowest BCUT2D eigenvalue weighted by Crippen LogP contribution is -2.04. The predicted octanol–water partition coefficient (Wildman–Crippen LogP) is 4.11. The summed E-state index contributed by atoms with van der Waals surface area (Å²) in [5.41, 5.74) is 2.48. The summed E-state index contributed by atoms with van der Waals surface area (Å²) in [6.45, 7) is 6.46. The van der Waals surface area contributed by atoms with Crippen LogP contribution >= 0.6 is 27.7 Å². The fourth-order valence-electron chi connectivity index (χ4n) is 1.59. The van der Waals surface area contributed by atoms with Crippen molar-refractivity contribution in [3.05, 3.63) is 27.7 Å². The standard InChI is InChI=1S/C13H17BrO2S/c1-4-16-12(15)5-6-17-13-9(2)7-11(14)8-10(13)3/h7-8H,4-6H2,1-3H3. The summed E-state index contributed by atoms with van der Waals surface area (Å²) in [4.78, 5) is 12.5. The molecule has 1 aromatic rings. The van der Waals surface area contributed by atoms with Gasteiger partial charge in [-0.2, -0.15) is 0 Å². The number of carbonyl (C=O) groups is 1. The molecule has 0 atom stereocenters. The van der Waals surface area contributed by atoms with Gasteiger partial charge in [0, 0.05) is 15.1 Å². The predicted molar refractivity (Wildman–Crippen MR) is 75.6 cm³/mol. The van der Waals surface area contributed by atoms with Crippen molar-refractivity contribution in [2.45, 2.75) is 32.1 Å². The van der Waals surface area contributed by atoms with E-state index in [4.69, 9.17) is 4.74 Å². The Morgan fingerprint density at radius 1 is 1.35 bits per heavy atom. The van der Waals surface area contributed by atoms with Gasteiger partial charge >= 0.3 is 5.97 Å². The number of carbonyl (C=O) groups excluding carboxylic acids is 1. The number of rotatable bonds is 5. The van der Waals surface area contributed by atoms with Crippen molar-refractivity contribution in [1.29, 1.82) is 0 Å². The summed E-state index contributed by atoms with van der Waals surface area (Å²) in [6, 6.07) is 4.19. The molecule has 0 fully saturated rings. The topological polar surface area (TPSA) is 26.3 Å². The fourth-order valence-corrected chi connectivity index (χ4v) is 3.33. The Labute approximate surface area is 115 Å². The van der Waals surface area contributed by atoms with Crippen molar-refractivity contribution in [3.63, 3.8) is 0 Å². The third-order valence-corrected chi connectivity index (χ3v) is 4.08. The van der Waals surface area contributed by atoms with E-state index in [0.29, 0.717) is 13.0 Å². The lowest BCUT2D eigenvalue weighted by Gasteiger charge is -2.09. The number of aryl methyl sites for hydroxylation is 2. The molecule has 94 valence electrons. The molecule has 0 aliphatic carbocycles. The molecule has 17 heavy (non-hydrogen) atoms. The molecular weight excluding hydrogens is 300 g/mol. The highest BCUT2D eigenvalue weighted by atomic mass is 79.9. The molecule has 0 aliphatic rings. The molecular formula is C13H17BrO2S. The van der Waals surface area contributed by atoms with Crippen molar-refractivity contribution >= 4 is 33.7 Å². The van der Waals surface area contributed by atoms with E-state index >= 15 is 0 Å². The normalized spacial score (nSPS) is 10.4. The molecule has 0 amide bonds. The zero-order chi connectivity index (χ0) is 12.8. The Hall–Kier alpha value is -0.480. The van der Waals surface area contributed by atoms with Gasteiger partial charge in [0.2, 0.25) is 0 Å². The largest absolute Gasteiger partial charge is 0.466 e. The van der Waals surface area contributed by atoms with Gasteiger partial charge in [-0.1, -0.05) is 15.9 Å². The van der Waals surface area contributed by atoms with Crippen LogP contribution in [0.4, 0.5) is 0 Å². The maximum atomic E-state index is 11.2. The van der Waals surface area contributed by atoms with Crippen molar-refractivity contribution in [2.24, 2.45) is 0 Å². The number of hydrogen-bond acceptors (Lipinski definition) is 3. The average molecular weight is 317 g/mol. The first kappa shape index (κ1) is 14.6. The summed E-state index contributed by atoms with van der Waals surface area (Å²) >= 11 is 5.19. The molecule has 0 saturated heterocycles. The molecule has 4 heteroatoms. The smallest absolute Gasteiger partial charge is 0.306 e. The summed E-state index contributed by atoms with van der Waals surface area (Å²) in [5, 5.41) is 0. The lowest BCUT2D eigenvalue weighted by molar-refractivity contribution is -0.142. The van der Waals surface area contributed by atoms with E-state index in [9.17, 15) is 4.79 Å². The first-order valence-electron chi connectivity index (χ1n) is 5.59. The van der Waals surface area contributed by atoms with Gasteiger partial charge in [-0.15, -0.1) is 11.8 Å². The quantitative estimate of drug-likeness (QED) is 0.604. The van der Waals surface area contributed by atoms with E-state index < -0.39 is 0 Å². The Balaban J connectivity index is 2.55. The van der Waals surface area contributed by atoms with Crippen LogP contribution in [0.15, 0.2) is 21.5 Å². The van der Waals surface area contributed by atoms with Crippen LogP contribution in [0.1, 0.15) is 24.5 Å². The zero-order valence-electron chi connectivity index (χ0n) is 10.4. The first-order chi connectivity index (χ1) is 8.04. The van der Waals surface area contributed by atoms with Crippen LogP contribution in [0.5, 0.6) is 0 Å². The molecule has 0 spiro atoms. The highest BCUT2D eigenvalue weighted by molar-refractivity contribution is 9.10. The molecule has 0 heterocycles. The molecule has 2 nitrogen and oxygen atoms in total. The second-order valence-corrected chi connectivity index (χ2v) is 5.79. The number of thioether (sulfide) groups is 1. The van der Waals surface area contributed by atoms with Gasteiger partial charge in [-0.05, 0) is 44.0 Å². The Bertz CT molecular complexity index is 381. The minimum atomic E-state index is -0.118. The molecule has 0 N–H and O–H groups in total. The molecule has 0 bridgehead atoms. The third kappa shape index (κ3) is 4.72. The Morgan fingerprint density at radius 3 is 2.47 bits per heavy atom. The Morgan fingerprint density at radius 2 is 1.94 bits per heavy atom. The number of esters is 1. The van der Waals surface area contributed by atoms with Gasteiger partial charge in [-0.25, -0.2) is 0 Å². The van der Waals surface area contributed by atoms with Gasteiger partial charge in [0.25, 0.3) is 0 Å². The van der Waals surface area contributed by atoms with Crippen LogP contribution in [0.2, 0.25) is 0 Å². The molecule has 1 aromatic carbocycles.